The number of rotatable bonds is 4. The maximum atomic E-state index is 13.1. The quantitative estimate of drug-likeness (QED) is 0.462. The van der Waals surface area contributed by atoms with Crippen LogP contribution in [0.1, 0.15) is 34.3 Å². The van der Waals surface area contributed by atoms with Crippen molar-refractivity contribution in [2.75, 3.05) is 22.6 Å². The molecule has 9 heteroatoms. The smallest absolute Gasteiger partial charge is 0.263 e. The number of hydrogen-bond donors (Lipinski definition) is 1. The van der Waals surface area contributed by atoms with E-state index < -0.39 is 0 Å². The highest BCUT2D eigenvalue weighted by Crippen LogP contribution is 2.39. The molecule has 168 valence electrons. The number of fused-ring (bicyclic) bond motifs is 2. The van der Waals surface area contributed by atoms with Gasteiger partial charge in [-0.1, -0.05) is 47.1 Å². The lowest BCUT2D eigenvalue weighted by atomic mass is 9.99. The number of aromatic nitrogens is 2. The van der Waals surface area contributed by atoms with Crippen LogP contribution in [0.4, 0.5) is 17.3 Å². The van der Waals surface area contributed by atoms with E-state index in [-0.39, 0.29) is 5.91 Å². The molecular formula is C24H21Cl2N5OS. The first-order valence-electron chi connectivity index (χ1n) is 11.0. The number of halogens is 2. The van der Waals surface area contributed by atoms with E-state index in [2.05, 4.69) is 38.4 Å². The Morgan fingerprint density at radius 1 is 1.09 bits per heavy atom. The van der Waals surface area contributed by atoms with E-state index in [9.17, 15) is 4.79 Å². The summed E-state index contributed by atoms with van der Waals surface area (Å²) in [5.41, 5.74) is 4.71. The maximum Gasteiger partial charge on any atom is 0.263 e. The van der Waals surface area contributed by atoms with Crippen molar-refractivity contribution in [2.24, 2.45) is 0 Å². The average Bonchev–Trinajstić information content (AvgIpc) is 3.65. The number of anilines is 3. The summed E-state index contributed by atoms with van der Waals surface area (Å²) in [6.07, 6.45) is 5.33. The van der Waals surface area contributed by atoms with Crippen molar-refractivity contribution < 1.29 is 4.79 Å². The van der Waals surface area contributed by atoms with Gasteiger partial charge in [0.1, 0.15) is 5.03 Å². The zero-order valence-electron chi connectivity index (χ0n) is 17.7. The number of nitrogens with one attached hydrogen (secondary N) is 1. The maximum absolute atomic E-state index is 13.1. The highest BCUT2D eigenvalue weighted by Gasteiger charge is 2.32. The summed E-state index contributed by atoms with van der Waals surface area (Å²) in [5, 5.41) is 4.84. The van der Waals surface area contributed by atoms with Crippen molar-refractivity contribution in [1.29, 1.82) is 0 Å². The molecule has 0 atom stereocenters. The summed E-state index contributed by atoms with van der Waals surface area (Å²) in [6, 6.07) is 12.5. The van der Waals surface area contributed by atoms with Crippen molar-refractivity contribution in [1.82, 2.24) is 14.9 Å². The normalized spacial score (nSPS) is 18.1. The van der Waals surface area contributed by atoms with Crippen LogP contribution in [-0.4, -0.2) is 39.2 Å². The van der Waals surface area contributed by atoms with Gasteiger partial charge in [-0.25, -0.2) is 9.97 Å². The fraction of sp³-hybridized carbons (Fsp3) is 0.292. The molecule has 1 fully saturated rings. The lowest BCUT2D eigenvalue weighted by molar-refractivity contribution is 0.0985. The third-order valence-electron chi connectivity index (χ3n) is 6.33. The van der Waals surface area contributed by atoms with E-state index in [1.54, 1.807) is 29.3 Å². The largest absolute Gasteiger partial charge is 0.324 e. The first-order valence-corrected chi connectivity index (χ1v) is 12.7. The lowest BCUT2D eigenvalue weighted by Gasteiger charge is -2.29. The molecule has 3 heterocycles. The molecule has 2 aromatic carbocycles. The molecule has 0 bridgehead atoms. The molecule has 3 aromatic rings. The predicted octanol–water partition coefficient (Wildman–Crippen LogP) is 5.76. The molecule has 1 amide bonds. The van der Waals surface area contributed by atoms with E-state index in [1.165, 1.54) is 35.7 Å². The van der Waals surface area contributed by atoms with E-state index >= 15 is 0 Å². The van der Waals surface area contributed by atoms with Gasteiger partial charge in [-0.05, 0) is 54.7 Å². The second-order valence-corrected chi connectivity index (χ2v) is 10.3. The first kappa shape index (κ1) is 21.2. The van der Waals surface area contributed by atoms with E-state index in [4.69, 9.17) is 23.2 Å². The fourth-order valence-electron chi connectivity index (χ4n) is 4.46. The number of benzene rings is 2. The second-order valence-electron chi connectivity index (χ2n) is 8.55. The Bertz CT molecular complexity index is 1250. The van der Waals surface area contributed by atoms with Crippen LogP contribution in [0.15, 0.2) is 47.6 Å². The molecule has 3 aliphatic rings. The van der Waals surface area contributed by atoms with Crippen LogP contribution in [-0.2, 0) is 13.0 Å². The molecule has 1 aliphatic carbocycles. The number of hydrogen-bond acceptors (Lipinski definition) is 6. The fourth-order valence-corrected chi connectivity index (χ4v) is 6.01. The number of para-hydroxylation sites is 1. The van der Waals surface area contributed by atoms with Crippen LogP contribution in [0.5, 0.6) is 0 Å². The number of carbonyl (C=O) groups is 1. The van der Waals surface area contributed by atoms with Crippen molar-refractivity contribution in [3.05, 3.63) is 69.3 Å². The minimum atomic E-state index is -0.209. The van der Waals surface area contributed by atoms with Gasteiger partial charge in [0.25, 0.3) is 5.91 Å². The Kier molecular flexibility index (Phi) is 5.45. The van der Waals surface area contributed by atoms with E-state index in [1.807, 2.05) is 0 Å². The number of thioether (sulfide) groups is 1. The van der Waals surface area contributed by atoms with Crippen molar-refractivity contribution in [2.45, 2.75) is 36.9 Å². The second kappa shape index (κ2) is 8.47. The third-order valence-corrected chi connectivity index (χ3v) is 7.92. The zero-order chi connectivity index (χ0) is 22.5. The Morgan fingerprint density at radius 3 is 2.70 bits per heavy atom. The Morgan fingerprint density at radius 2 is 1.91 bits per heavy atom. The molecule has 0 unspecified atom stereocenters. The SMILES string of the molecule is O=C1c2cnc(Nc3ccc4c(c3)CN(C3CC3)CC4)nc2SCN1c1c(Cl)cccc1Cl. The van der Waals surface area contributed by atoms with Crippen molar-refractivity contribution in [3.8, 4) is 0 Å². The molecule has 0 saturated heterocycles. The number of carbonyl (C=O) groups excluding carboxylic acids is 1. The molecule has 0 radical (unpaired) electrons. The summed E-state index contributed by atoms with van der Waals surface area (Å²) >= 11 is 14.1. The van der Waals surface area contributed by atoms with Gasteiger partial charge < -0.3 is 5.32 Å². The van der Waals surface area contributed by atoms with Gasteiger partial charge in [-0.15, -0.1) is 0 Å². The minimum absolute atomic E-state index is 0.209. The number of amides is 1. The molecule has 1 N–H and O–H groups in total. The standard InChI is InChI=1S/C24H21Cl2N5OS/c25-19-2-1-3-20(26)21(19)31-13-33-22-18(23(31)32)11-27-24(29-22)28-16-5-4-14-8-9-30(17-6-7-17)12-15(14)10-16/h1-5,10-11,17H,6-9,12-13H2,(H,27,28,29). The van der Waals surface area contributed by atoms with Gasteiger partial charge in [0.05, 0.1) is 27.2 Å². The summed E-state index contributed by atoms with van der Waals surface area (Å²) < 4.78 is 0. The summed E-state index contributed by atoms with van der Waals surface area (Å²) in [4.78, 5) is 26.3. The molecular weight excluding hydrogens is 477 g/mol. The van der Waals surface area contributed by atoms with Crippen LogP contribution in [0, 0.1) is 0 Å². The van der Waals surface area contributed by atoms with Crippen LogP contribution in [0.3, 0.4) is 0 Å². The van der Waals surface area contributed by atoms with Crippen molar-refractivity contribution >= 4 is 58.2 Å². The van der Waals surface area contributed by atoms with Gasteiger partial charge in [-0.3, -0.25) is 14.6 Å². The van der Waals surface area contributed by atoms with Gasteiger partial charge in [0.15, 0.2) is 0 Å². The lowest BCUT2D eigenvalue weighted by Crippen LogP contribution is -2.35. The molecule has 1 aromatic heterocycles. The molecule has 1 saturated carbocycles. The monoisotopic (exact) mass is 497 g/mol. The van der Waals surface area contributed by atoms with Crippen LogP contribution >= 0.6 is 35.0 Å². The topological polar surface area (TPSA) is 61.4 Å². The van der Waals surface area contributed by atoms with Crippen LogP contribution in [0.25, 0.3) is 0 Å². The number of nitrogens with zero attached hydrogens (tertiary/aromatic N) is 4. The molecule has 33 heavy (non-hydrogen) atoms. The Hall–Kier alpha value is -2.32. The van der Waals surface area contributed by atoms with Gasteiger partial charge >= 0.3 is 0 Å². The summed E-state index contributed by atoms with van der Waals surface area (Å²) in [6.45, 7) is 2.16. The van der Waals surface area contributed by atoms with Crippen LogP contribution in [0.2, 0.25) is 10.0 Å². The molecule has 6 rings (SSSR count). The van der Waals surface area contributed by atoms with Gasteiger partial charge in [0, 0.05) is 31.0 Å². The molecule has 2 aliphatic heterocycles. The summed E-state index contributed by atoms with van der Waals surface area (Å²) in [7, 11) is 0. The first-order chi connectivity index (χ1) is 16.1. The average molecular weight is 498 g/mol. The highest BCUT2D eigenvalue weighted by atomic mass is 35.5. The third kappa shape index (κ3) is 4.08. The Balaban J connectivity index is 1.22. The van der Waals surface area contributed by atoms with E-state index in [0.717, 1.165) is 31.2 Å². The zero-order valence-corrected chi connectivity index (χ0v) is 20.1. The predicted molar refractivity (Wildman–Crippen MR) is 133 cm³/mol. The Labute approximate surface area is 206 Å². The van der Waals surface area contributed by atoms with E-state index in [0.29, 0.717) is 38.1 Å². The molecule has 0 spiro atoms. The van der Waals surface area contributed by atoms with Gasteiger partial charge in [-0.2, -0.15) is 0 Å². The van der Waals surface area contributed by atoms with Gasteiger partial charge in [0.2, 0.25) is 5.95 Å². The molecule has 6 nitrogen and oxygen atoms in total. The van der Waals surface area contributed by atoms with Crippen LogP contribution < -0.4 is 10.2 Å². The highest BCUT2D eigenvalue weighted by molar-refractivity contribution is 7.99. The van der Waals surface area contributed by atoms with Crippen molar-refractivity contribution in [3.63, 3.8) is 0 Å². The summed E-state index contributed by atoms with van der Waals surface area (Å²) in [5.74, 6) is 0.647. The minimum Gasteiger partial charge on any atom is -0.324 e.